The van der Waals surface area contributed by atoms with E-state index < -0.39 is 0 Å². The van der Waals surface area contributed by atoms with Crippen molar-refractivity contribution in [2.75, 3.05) is 5.73 Å². The van der Waals surface area contributed by atoms with Crippen molar-refractivity contribution >= 4 is 21.7 Å². The molecule has 0 aliphatic heterocycles. The number of nitrogens with zero attached hydrogens (tertiary/aromatic N) is 1. The van der Waals surface area contributed by atoms with Gasteiger partial charge in [0.2, 0.25) is 0 Å². The number of rotatable bonds is 1. The maximum absolute atomic E-state index is 5.60. The zero-order valence-corrected chi connectivity index (χ0v) is 10.3. The van der Waals surface area contributed by atoms with E-state index in [-0.39, 0.29) is 0 Å². The lowest BCUT2D eigenvalue weighted by Gasteiger charge is -1.95. The minimum atomic E-state index is 0.350. The lowest BCUT2D eigenvalue weighted by molar-refractivity contribution is 0.433. The Labute approximate surface area is 95.6 Å². The Morgan fingerprint density at radius 3 is 2.27 bits per heavy atom. The number of anilines is 1. The summed E-state index contributed by atoms with van der Waals surface area (Å²) in [4.78, 5) is 0. The standard InChI is InChI=1S/C10H11BrN2O2/c1-4-5(2)14-6(3)7(4)9-8(11)10(12)13-15-9/h1-3H3,(H2,12,13). The molecule has 80 valence electrons. The fourth-order valence-corrected chi connectivity index (χ4v) is 1.92. The van der Waals surface area contributed by atoms with Crippen LogP contribution in [0.2, 0.25) is 0 Å². The molecule has 0 unspecified atom stereocenters. The molecule has 15 heavy (non-hydrogen) atoms. The number of aromatic nitrogens is 1. The first-order valence-corrected chi connectivity index (χ1v) is 5.29. The highest BCUT2D eigenvalue weighted by molar-refractivity contribution is 9.10. The van der Waals surface area contributed by atoms with E-state index in [4.69, 9.17) is 14.7 Å². The van der Waals surface area contributed by atoms with Crippen molar-refractivity contribution in [1.82, 2.24) is 5.16 Å². The van der Waals surface area contributed by atoms with Gasteiger partial charge in [-0.25, -0.2) is 0 Å². The molecule has 0 atom stereocenters. The summed E-state index contributed by atoms with van der Waals surface area (Å²) < 4.78 is 11.4. The number of nitrogens with two attached hydrogens (primary N) is 1. The predicted molar refractivity (Wildman–Crippen MR) is 60.5 cm³/mol. The molecule has 0 fully saturated rings. The molecule has 2 heterocycles. The fourth-order valence-electron chi connectivity index (χ4n) is 1.57. The van der Waals surface area contributed by atoms with Gasteiger partial charge in [0, 0.05) is 5.56 Å². The number of aryl methyl sites for hydroxylation is 2. The molecule has 0 amide bonds. The Morgan fingerprint density at radius 1 is 1.20 bits per heavy atom. The van der Waals surface area contributed by atoms with E-state index in [1.54, 1.807) is 0 Å². The predicted octanol–water partition coefficient (Wildman–Crippen LogP) is 3.20. The highest BCUT2D eigenvalue weighted by Crippen LogP contribution is 2.38. The van der Waals surface area contributed by atoms with Crippen molar-refractivity contribution < 1.29 is 8.94 Å². The van der Waals surface area contributed by atoms with E-state index in [1.807, 2.05) is 20.8 Å². The molecule has 0 aliphatic carbocycles. The lowest BCUT2D eigenvalue weighted by Crippen LogP contribution is -1.84. The fraction of sp³-hybridized carbons (Fsp3) is 0.300. The summed E-state index contributed by atoms with van der Waals surface area (Å²) in [7, 11) is 0. The van der Waals surface area contributed by atoms with E-state index in [1.165, 1.54) is 0 Å². The van der Waals surface area contributed by atoms with Gasteiger partial charge < -0.3 is 14.7 Å². The zero-order chi connectivity index (χ0) is 11.2. The van der Waals surface area contributed by atoms with Crippen LogP contribution < -0.4 is 5.73 Å². The molecule has 0 saturated heterocycles. The summed E-state index contributed by atoms with van der Waals surface area (Å²) in [5.74, 6) is 2.66. The summed E-state index contributed by atoms with van der Waals surface area (Å²) >= 11 is 3.34. The van der Waals surface area contributed by atoms with E-state index >= 15 is 0 Å². The highest BCUT2D eigenvalue weighted by Gasteiger charge is 2.21. The second-order valence-corrected chi connectivity index (χ2v) is 4.22. The van der Waals surface area contributed by atoms with Crippen molar-refractivity contribution in [3.8, 4) is 11.3 Å². The van der Waals surface area contributed by atoms with Crippen LogP contribution in [0.15, 0.2) is 13.4 Å². The third kappa shape index (κ3) is 1.47. The van der Waals surface area contributed by atoms with Gasteiger partial charge in [-0.2, -0.15) is 0 Å². The molecular formula is C10H11BrN2O2. The van der Waals surface area contributed by atoms with Gasteiger partial charge in [0.25, 0.3) is 0 Å². The number of nitrogen functional groups attached to an aromatic ring is 1. The first kappa shape index (κ1) is 10.3. The zero-order valence-electron chi connectivity index (χ0n) is 8.72. The van der Waals surface area contributed by atoms with Gasteiger partial charge in [0.15, 0.2) is 11.6 Å². The van der Waals surface area contributed by atoms with Crippen LogP contribution in [-0.4, -0.2) is 5.16 Å². The Balaban J connectivity index is 2.68. The minimum Gasteiger partial charge on any atom is -0.466 e. The number of hydrogen-bond acceptors (Lipinski definition) is 4. The molecule has 5 heteroatoms. The quantitative estimate of drug-likeness (QED) is 0.864. The van der Waals surface area contributed by atoms with Crippen LogP contribution in [0.25, 0.3) is 11.3 Å². The lowest BCUT2D eigenvalue weighted by atomic mass is 10.1. The third-order valence-electron chi connectivity index (χ3n) is 2.45. The largest absolute Gasteiger partial charge is 0.466 e. The molecule has 2 N–H and O–H groups in total. The summed E-state index contributed by atoms with van der Waals surface area (Å²) in [5.41, 5.74) is 7.57. The van der Waals surface area contributed by atoms with Crippen molar-refractivity contribution in [3.63, 3.8) is 0 Å². The molecule has 2 rings (SSSR count). The van der Waals surface area contributed by atoms with E-state index in [9.17, 15) is 0 Å². The molecule has 2 aromatic heterocycles. The van der Waals surface area contributed by atoms with Gasteiger partial charge in [-0.15, -0.1) is 0 Å². The summed E-state index contributed by atoms with van der Waals surface area (Å²) in [6.07, 6.45) is 0. The Hall–Kier alpha value is -1.23. The molecule has 2 aromatic rings. The molecular weight excluding hydrogens is 260 g/mol. The summed E-state index contributed by atoms with van der Waals surface area (Å²) in [6.45, 7) is 5.78. The third-order valence-corrected chi connectivity index (χ3v) is 3.21. The molecule has 0 saturated carbocycles. The second kappa shape index (κ2) is 3.41. The van der Waals surface area contributed by atoms with Gasteiger partial charge in [-0.1, -0.05) is 5.16 Å². The summed E-state index contributed by atoms with van der Waals surface area (Å²) in [5, 5.41) is 3.70. The van der Waals surface area contributed by atoms with Crippen molar-refractivity contribution in [2.45, 2.75) is 20.8 Å². The first-order valence-electron chi connectivity index (χ1n) is 4.50. The van der Waals surface area contributed by atoms with Crippen LogP contribution in [0, 0.1) is 20.8 Å². The van der Waals surface area contributed by atoms with E-state index in [0.29, 0.717) is 16.1 Å². The van der Waals surface area contributed by atoms with Crippen LogP contribution >= 0.6 is 15.9 Å². The van der Waals surface area contributed by atoms with Gasteiger partial charge in [-0.05, 0) is 36.7 Å². The topological polar surface area (TPSA) is 65.2 Å². The van der Waals surface area contributed by atoms with Crippen LogP contribution in [0.1, 0.15) is 17.1 Å². The minimum absolute atomic E-state index is 0.350. The van der Waals surface area contributed by atoms with Crippen molar-refractivity contribution in [2.24, 2.45) is 0 Å². The van der Waals surface area contributed by atoms with Crippen LogP contribution in [-0.2, 0) is 0 Å². The SMILES string of the molecule is Cc1oc(C)c(-c2onc(N)c2Br)c1C. The average molecular weight is 271 g/mol. The van der Waals surface area contributed by atoms with Crippen molar-refractivity contribution in [3.05, 3.63) is 21.6 Å². The Morgan fingerprint density at radius 2 is 1.87 bits per heavy atom. The monoisotopic (exact) mass is 270 g/mol. The van der Waals surface area contributed by atoms with Crippen molar-refractivity contribution in [1.29, 1.82) is 0 Å². The van der Waals surface area contributed by atoms with Gasteiger partial charge in [0.05, 0.1) is 5.56 Å². The van der Waals surface area contributed by atoms with Crippen LogP contribution in [0.4, 0.5) is 5.82 Å². The molecule has 4 nitrogen and oxygen atoms in total. The molecule has 0 bridgehead atoms. The normalized spacial score (nSPS) is 10.9. The maximum Gasteiger partial charge on any atom is 0.187 e. The van der Waals surface area contributed by atoms with Crippen LogP contribution in [0.3, 0.4) is 0 Å². The maximum atomic E-state index is 5.60. The highest BCUT2D eigenvalue weighted by atomic mass is 79.9. The summed E-state index contributed by atoms with van der Waals surface area (Å²) in [6, 6.07) is 0. The molecule has 0 aromatic carbocycles. The van der Waals surface area contributed by atoms with Gasteiger partial charge >= 0.3 is 0 Å². The number of halogens is 1. The van der Waals surface area contributed by atoms with Crippen LogP contribution in [0.5, 0.6) is 0 Å². The number of hydrogen-bond donors (Lipinski definition) is 1. The second-order valence-electron chi connectivity index (χ2n) is 3.43. The van der Waals surface area contributed by atoms with Gasteiger partial charge in [0.1, 0.15) is 16.0 Å². The Bertz CT molecular complexity index is 514. The van der Waals surface area contributed by atoms with E-state index in [2.05, 4.69) is 21.1 Å². The molecule has 0 radical (unpaired) electrons. The first-order chi connectivity index (χ1) is 7.02. The Kier molecular flexibility index (Phi) is 2.34. The van der Waals surface area contributed by atoms with Gasteiger partial charge in [-0.3, -0.25) is 0 Å². The number of furan rings is 1. The smallest absolute Gasteiger partial charge is 0.187 e. The molecule has 0 spiro atoms. The van der Waals surface area contributed by atoms with E-state index in [0.717, 1.165) is 22.6 Å². The molecule has 0 aliphatic rings. The average Bonchev–Trinajstić information content (AvgIpc) is 2.60.